The summed E-state index contributed by atoms with van der Waals surface area (Å²) in [5.41, 5.74) is 11.0. The van der Waals surface area contributed by atoms with E-state index in [0.29, 0.717) is 0 Å². The molecule has 6 rings (SSSR count). The number of thiazole rings is 2. The van der Waals surface area contributed by atoms with Crippen LogP contribution in [-0.4, -0.2) is 23.8 Å². The summed E-state index contributed by atoms with van der Waals surface area (Å²) < 4.78 is 5.51. The highest BCUT2D eigenvalue weighted by Gasteiger charge is 2.07. The third-order valence-electron chi connectivity index (χ3n) is 6.25. The van der Waals surface area contributed by atoms with Crippen LogP contribution >= 0.6 is 22.7 Å². The average molecular weight is 504 g/mol. The van der Waals surface area contributed by atoms with Crippen molar-refractivity contribution in [3.8, 4) is 0 Å². The Morgan fingerprint density at radius 3 is 2.14 bits per heavy atom. The van der Waals surface area contributed by atoms with Crippen molar-refractivity contribution in [2.75, 3.05) is 0 Å². The summed E-state index contributed by atoms with van der Waals surface area (Å²) in [5.74, 6) is 0. The Labute approximate surface area is 215 Å². The van der Waals surface area contributed by atoms with Gasteiger partial charge < -0.3 is 4.40 Å². The monoisotopic (exact) mass is 503 g/mol. The molecule has 0 unspecified atom stereocenters. The molecule has 0 bridgehead atoms. The molecule has 1 aromatic carbocycles. The maximum atomic E-state index is 4.53. The number of aromatic nitrogens is 5. The summed E-state index contributed by atoms with van der Waals surface area (Å²) in [6, 6.07) is 6.34. The van der Waals surface area contributed by atoms with Gasteiger partial charge in [0.1, 0.15) is 5.65 Å². The van der Waals surface area contributed by atoms with Crippen LogP contribution in [0.5, 0.6) is 0 Å². The first-order valence-electron chi connectivity index (χ1n) is 11.7. The zero-order chi connectivity index (χ0) is 25.4. The molecule has 0 atom stereocenters. The van der Waals surface area contributed by atoms with E-state index in [1.807, 2.05) is 30.5 Å². The molecule has 0 saturated carbocycles. The number of hydrogen-bond donors (Lipinski definition) is 0. The van der Waals surface area contributed by atoms with E-state index < -0.39 is 0 Å². The summed E-state index contributed by atoms with van der Waals surface area (Å²) in [6.07, 6.45) is 6.19. The molecular formula is C28H33N5S2. The standard InChI is InChI=1S/C11H13NS.C9H10N2.C8H10N2S/c1-6-5-10-11(8(3)7(6)2)12-9(4)13-10;1-7-3-4-9-10-8(2)6-11(9)5-7;1-5-4-10-6(2)7(3)11-8(10)9-5/h5H,1-4H3;3-6H,1-2H3;4H,1-3H3. The molecule has 182 valence electrons. The summed E-state index contributed by atoms with van der Waals surface area (Å²) >= 11 is 3.53. The molecule has 0 aliphatic rings. The van der Waals surface area contributed by atoms with E-state index in [2.05, 4.69) is 92.3 Å². The fraction of sp³-hybridized carbons (Fsp3) is 0.321. The summed E-state index contributed by atoms with van der Waals surface area (Å²) in [5, 5.41) is 1.16. The van der Waals surface area contributed by atoms with Crippen LogP contribution in [0.4, 0.5) is 0 Å². The van der Waals surface area contributed by atoms with Crippen molar-refractivity contribution in [1.29, 1.82) is 0 Å². The van der Waals surface area contributed by atoms with Gasteiger partial charge in [-0.05, 0) is 96.7 Å². The second kappa shape index (κ2) is 9.91. The maximum Gasteiger partial charge on any atom is 0.194 e. The smallest absolute Gasteiger partial charge is 0.194 e. The molecule has 0 spiro atoms. The lowest BCUT2D eigenvalue weighted by Crippen LogP contribution is -1.87. The van der Waals surface area contributed by atoms with Crippen LogP contribution < -0.4 is 0 Å². The maximum absolute atomic E-state index is 4.53. The highest BCUT2D eigenvalue weighted by Crippen LogP contribution is 2.28. The van der Waals surface area contributed by atoms with E-state index >= 15 is 0 Å². The van der Waals surface area contributed by atoms with E-state index in [1.54, 1.807) is 22.7 Å². The predicted octanol–water partition coefficient (Wildman–Crippen LogP) is 7.80. The first kappa shape index (κ1) is 25.1. The predicted molar refractivity (Wildman–Crippen MR) is 151 cm³/mol. The van der Waals surface area contributed by atoms with Crippen LogP contribution in [0.2, 0.25) is 0 Å². The SMILES string of the molecule is Cc1ccc2nc(C)cn2c1.Cc1cn2c(C)c(C)sc2n1.Cc1nc2c(C)c(C)c(C)cc2s1. The van der Waals surface area contributed by atoms with E-state index in [9.17, 15) is 0 Å². The first-order valence-corrected chi connectivity index (χ1v) is 13.3. The lowest BCUT2D eigenvalue weighted by molar-refractivity contribution is 1.11. The van der Waals surface area contributed by atoms with Crippen LogP contribution in [0.15, 0.2) is 36.8 Å². The molecule has 5 heterocycles. The Bertz CT molecular complexity index is 1650. The molecule has 5 aromatic heterocycles. The van der Waals surface area contributed by atoms with Crippen molar-refractivity contribution >= 4 is 43.5 Å². The van der Waals surface area contributed by atoms with Crippen LogP contribution in [0, 0.1) is 62.3 Å². The molecule has 35 heavy (non-hydrogen) atoms. The van der Waals surface area contributed by atoms with Crippen molar-refractivity contribution in [2.45, 2.75) is 62.3 Å². The van der Waals surface area contributed by atoms with Gasteiger partial charge in [-0.25, -0.2) is 15.0 Å². The molecule has 7 heteroatoms. The van der Waals surface area contributed by atoms with Crippen molar-refractivity contribution < 1.29 is 0 Å². The van der Waals surface area contributed by atoms with Gasteiger partial charge in [-0.2, -0.15) is 0 Å². The third-order valence-corrected chi connectivity index (χ3v) is 8.24. The van der Waals surface area contributed by atoms with Crippen LogP contribution in [0.1, 0.15) is 49.2 Å². The van der Waals surface area contributed by atoms with Crippen molar-refractivity contribution in [1.82, 2.24) is 23.8 Å². The molecule has 0 saturated heterocycles. The first-order chi connectivity index (χ1) is 16.5. The second-order valence-corrected chi connectivity index (χ2v) is 11.6. The van der Waals surface area contributed by atoms with Gasteiger partial charge in [-0.3, -0.25) is 4.40 Å². The molecule has 0 radical (unpaired) electrons. The molecule has 0 aliphatic carbocycles. The van der Waals surface area contributed by atoms with E-state index in [-0.39, 0.29) is 0 Å². The quantitative estimate of drug-likeness (QED) is 0.212. The number of rotatable bonds is 0. The van der Waals surface area contributed by atoms with Gasteiger partial charge in [0.2, 0.25) is 0 Å². The topological polar surface area (TPSA) is 47.5 Å². The summed E-state index contributed by atoms with van der Waals surface area (Å²) in [7, 11) is 0. The molecule has 5 nitrogen and oxygen atoms in total. The molecule has 0 aliphatic heterocycles. The third kappa shape index (κ3) is 5.31. The normalized spacial score (nSPS) is 11.0. The highest BCUT2D eigenvalue weighted by atomic mass is 32.1. The van der Waals surface area contributed by atoms with E-state index in [4.69, 9.17) is 0 Å². The van der Waals surface area contributed by atoms with Gasteiger partial charge in [-0.15, -0.1) is 22.7 Å². The largest absolute Gasteiger partial charge is 0.307 e. The van der Waals surface area contributed by atoms with Gasteiger partial charge in [0, 0.05) is 29.2 Å². The minimum Gasteiger partial charge on any atom is -0.307 e. The van der Waals surface area contributed by atoms with Crippen molar-refractivity contribution in [3.63, 3.8) is 0 Å². The van der Waals surface area contributed by atoms with Crippen molar-refractivity contribution in [3.05, 3.63) is 86.0 Å². The minimum absolute atomic E-state index is 1.02. The van der Waals surface area contributed by atoms with E-state index in [1.165, 1.54) is 43.0 Å². The van der Waals surface area contributed by atoms with Gasteiger partial charge in [0.15, 0.2) is 4.96 Å². The number of nitrogens with zero attached hydrogens (tertiary/aromatic N) is 5. The lowest BCUT2D eigenvalue weighted by atomic mass is 10.0. The minimum atomic E-state index is 1.02. The van der Waals surface area contributed by atoms with Crippen LogP contribution in [-0.2, 0) is 0 Å². The van der Waals surface area contributed by atoms with Gasteiger partial charge in [0.25, 0.3) is 0 Å². The molecule has 0 amide bonds. The number of hydrogen-bond acceptors (Lipinski definition) is 5. The number of benzene rings is 1. The number of imidazole rings is 2. The molecule has 0 fully saturated rings. The molecule has 0 N–H and O–H groups in total. The fourth-order valence-corrected chi connectivity index (χ4v) is 5.97. The van der Waals surface area contributed by atoms with Crippen LogP contribution in [0.25, 0.3) is 20.8 Å². The Morgan fingerprint density at radius 1 is 0.714 bits per heavy atom. The van der Waals surface area contributed by atoms with E-state index in [0.717, 1.165) is 27.0 Å². The van der Waals surface area contributed by atoms with Crippen LogP contribution in [0.3, 0.4) is 0 Å². The number of aryl methyl sites for hydroxylation is 8. The average Bonchev–Trinajstić information content (AvgIpc) is 3.52. The fourth-order valence-electron chi connectivity index (χ4n) is 3.99. The highest BCUT2D eigenvalue weighted by molar-refractivity contribution is 7.18. The Hall–Kier alpha value is -3.03. The van der Waals surface area contributed by atoms with Crippen molar-refractivity contribution in [2.24, 2.45) is 0 Å². The lowest BCUT2D eigenvalue weighted by Gasteiger charge is -2.03. The number of pyridine rings is 1. The van der Waals surface area contributed by atoms with Gasteiger partial charge >= 0.3 is 0 Å². The zero-order valence-electron chi connectivity index (χ0n) is 22.0. The Kier molecular flexibility index (Phi) is 7.10. The number of fused-ring (bicyclic) bond motifs is 3. The second-order valence-electron chi connectivity index (χ2n) is 9.16. The summed E-state index contributed by atoms with van der Waals surface area (Å²) in [6.45, 7) is 18.9. The Morgan fingerprint density at radius 2 is 1.43 bits per heavy atom. The molecule has 6 aromatic rings. The van der Waals surface area contributed by atoms with Gasteiger partial charge in [0.05, 0.1) is 26.6 Å². The Balaban J connectivity index is 0.000000124. The molecular weight excluding hydrogens is 470 g/mol. The zero-order valence-corrected chi connectivity index (χ0v) is 23.6. The van der Waals surface area contributed by atoms with Gasteiger partial charge in [-0.1, -0.05) is 6.07 Å². The summed E-state index contributed by atoms with van der Waals surface area (Å²) in [4.78, 5) is 15.7.